The topological polar surface area (TPSA) is 147 Å². The SMILES string of the molecule is CCCCCCCC/C=C\CCCCCCCC(=O)[O-].CCCCCCCCOC(=O)CC(C(=O)OCCCCCCCC)S(=O)(=O)O.[Na+]. The summed E-state index contributed by atoms with van der Waals surface area (Å²) >= 11 is 0. The molecule has 0 heterocycles. The minimum Gasteiger partial charge on any atom is -0.550 e. The van der Waals surface area contributed by atoms with Crippen LogP contribution in [0.1, 0.15) is 194 Å². The van der Waals surface area contributed by atoms with Gasteiger partial charge in [-0.25, -0.2) is 0 Å². The molecule has 0 spiro atoms. The molecule has 1 atom stereocenters. The van der Waals surface area contributed by atoms with Crippen LogP contribution < -0.4 is 34.7 Å². The summed E-state index contributed by atoms with van der Waals surface area (Å²) in [7, 11) is -4.73. The number of unbranched alkanes of at least 4 members (excludes halogenated alkanes) is 21. The Hall–Kier alpha value is -0.940. The maximum Gasteiger partial charge on any atom is 1.00 e. The van der Waals surface area contributed by atoms with Crippen molar-refractivity contribution in [3.63, 3.8) is 0 Å². The molecule has 0 aliphatic heterocycles. The first kappa shape index (κ1) is 52.4. The molecule has 0 aromatic rings. The van der Waals surface area contributed by atoms with Crippen molar-refractivity contribution in [3.8, 4) is 0 Å². The van der Waals surface area contributed by atoms with Crippen LogP contribution in [0.4, 0.5) is 0 Å². The van der Waals surface area contributed by atoms with Crippen molar-refractivity contribution in [1.82, 2.24) is 0 Å². The van der Waals surface area contributed by atoms with E-state index in [2.05, 4.69) is 32.9 Å². The van der Waals surface area contributed by atoms with Gasteiger partial charge in [0.2, 0.25) is 0 Å². The summed E-state index contributed by atoms with van der Waals surface area (Å²) < 4.78 is 42.0. The first-order valence-corrected chi connectivity index (χ1v) is 20.7. The van der Waals surface area contributed by atoms with Gasteiger partial charge in [0.25, 0.3) is 10.1 Å². The molecule has 0 aromatic carbocycles. The predicted molar refractivity (Wildman–Crippen MR) is 193 cm³/mol. The molecule has 0 radical (unpaired) electrons. The van der Waals surface area contributed by atoms with E-state index in [9.17, 15) is 32.5 Å². The van der Waals surface area contributed by atoms with Gasteiger partial charge in [-0.1, -0.05) is 148 Å². The number of esters is 2. The Morgan fingerprint density at radius 3 is 1.37 bits per heavy atom. The van der Waals surface area contributed by atoms with Gasteiger partial charge < -0.3 is 19.4 Å². The number of ether oxygens (including phenoxy) is 2. The molecule has 49 heavy (non-hydrogen) atoms. The minimum absolute atomic E-state index is 0. The zero-order valence-corrected chi connectivity index (χ0v) is 34.7. The molecule has 0 aromatic heterocycles. The summed E-state index contributed by atoms with van der Waals surface area (Å²) in [6.45, 7) is 6.76. The van der Waals surface area contributed by atoms with Gasteiger partial charge in [0.1, 0.15) is 0 Å². The standard InChI is InChI=1S/C20H38O7S.C18H34O2.Na/c1-3-5-7-9-11-13-15-26-19(21)17-18(28(23,24)25)20(22)27-16-14-12-10-8-6-4-2;1-2-3-4-5-6-7-8-9-10-11-12-13-14-15-16-17-18(19)20;/h18H,3-17H2,1-2H3,(H,23,24,25);9-10H,2-8,11-17H2,1H3,(H,19,20);/q;;+1/p-1/b;10-9-;. The number of carbonyl (C=O) groups excluding carboxylic acids is 3. The summed E-state index contributed by atoms with van der Waals surface area (Å²) in [5.41, 5.74) is 0. The van der Waals surface area contributed by atoms with Crippen LogP contribution in [0.25, 0.3) is 0 Å². The Morgan fingerprint density at radius 1 is 0.592 bits per heavy atom. The molecule has 0 amide bonds. The van der Waals surface area contributed by atoms with Crippen LogP contribution in [0.3, 0.4) is 0 Å². The smallest absolute Gasteiger partial charge is 0.550 e. The molecule has 0 saturated heterocycles. The van der Waals surface area contributed by atoms with E-state index in [1.807, 2.05) is 0 Å². The van der Waals surface area contributed by atoms with Crippen LogP contribution in [0.15, 0.2) is 12.2 Å². The quantitative estimate of drug-likeness (QED) is 0.0274. The molecule has 11 heteroatoms. The number of aliphatic carboxylic acids is 1. The monoisotopic (exact) mass is 726 g/mol. The number of rotatable bonds is 33. The molecule has 284 valence electrons. The van der Waals surface area contributed by atoms with Crippen LogP contribution in [0.5, 0.6) is 0 Å². The fraction of sp³-hybridized carbons (Fsp3) is 0.868. The van der Waals surface area contributed by atoms with Gasteiger partial charge in [0.15, 0.2) is 5.25 Å². The van der Waals surface area contributed by atoms with Crippen molar-refractivity contribution in [2.24, 2.45) is 0 Å². The molecule has 0 rings (SSSR count). The van der Waals surface area contributed by atoms with E-state index < -0.39 is 39.7 Å². The molecule has 0 aliphatic carbocycles. The van der Waals surface area contributed by atoms with E-state index in [1.54, 1.807) is 0 Å². The van der Waals surface area contributed by atoms with Crippen LogP contribution in [-0.2, 0) is 34.0 Å². The Bertz CT molecular complexity index is 894. The van der Waals surface area contributed by atoms with Crippen molar-refractivity contribution in [3.05, 3.63) is 12.2 Å². The molecular weight excluding hydrogens is 655 g/mol. The third kappa shape index (κ3) is 41.4. The Balaban J connectivity index is -0.000000893. The zero-order valence-electron chi connectivity index (χ0n) is 31.9. The summed E-state index contributed by atoms with van der Waals surface area (Å²) in [4.78, 5) is 34.0. The van der Waals surface area contributed by atoms with Gasteiger partial charge in [-0.2, -0.15) is 8.42 Å². The first-order chi connectivity index (χ1) is 23.1. The van der Waals surface area contributed by atoms with Crippen LogP contribution in [0, 0.1) is 0 Å². The molecule has 0 saturated carbocycles. The van der Waals surface area contributed by atoms with Gasteiger partial charge in [-0.05, 0) is 51.4 Å². The van der Waals surface area contributed by atoms with E-state index in [1.165, 1.54) is 70.6 Å². The van der Waals surface area contributed by atoms with E-state index in [0.29, 0.717) is 12.8 Å². The van der Waals surface area contributed by atoms with E-state index in [0.717, 1.165) is 77.0 Å². The third-order valence-electron chi connectivity index (χ3n) is 8.12. The molecular formula is C38H71NaO9S. The van der Waals surface area contributed by atoms with Gasteiger partial charge in [-0.15, -0.1) is 0 Å². The van der Waals surface area contributed by atoms with Gasteiger partial charge in [-0.3, -0.25) is 14.1 Å². The molecule has 0 fully saturated rings. The van der Waals surface area contributed by atoms with Crippen molar-refractivity contribution in [1.29, 1.82) is 0 Å². The summed E-state index contributed by atoms with van der Waals surface area (Å²) in [6.07, 6.45) is 32.2. The van der Waals surface area contributed by atoms with Crippen molar-refractivity contribution >= 4 is 28.0 Å². The molecule has 0 bridgehead atoms. The van der Waals surface area contributed by atoms with Crippen LogP contribution in [-0.4, -0.2) is 49.3 Å². The number of carbonyl (C=O) groups is 3. The zero-order chi connectivity index (χ0) is 36.1. The average molecular weight is 727 g/mol. The fourth-order valence-electron chi connectivity index (χ4n) is 5.08. The molecule has 9 nitrogen and oxygen atoms in total. The summed E-state index contributed by atoms with van der Waals surface area (Å²) in [5, 5.41) is 8.29. The maximum atomic E-state index is 12.0. The van der Waals surface area contributed by atoms with Crippen molar-refractivity contribution < 1.29 is 71.5 Å². The van der Waals surface area contributed by atoms with Crippen molar-refractivity contribution in [2.75, 3.05) is 13.2 Å². The molecule has 0 aliphatic rings. The normalized spacial score (nSPS) is 11.8. The summed E-state index contributed by atoms with van der Waals surface area (Å²) in [6, 6.07) is 0. The van der Waals surface area contributed by atoms with E-state index >= 15 is 0 Å². The second-order valence-electron chi connectivity index (χ2n) is 12.8. The van der Waals surface area contributed by atoms with Crippen LogP contribution in [0.2, 0.25) is 0 Å². The number of hydrogen-bond acceptors (Lipinski definition) is 8. The van der Waals surface area contributed by atoms with Gasteiger partial charge in [0, 0.05) is 5.97 Å². The van der Waals surface area contributed by atoms with Gasteiger partial charge >= 0.3 is 41.5 Å². The van der Waals surface area contributed by atoms with Crippen LogP contribution >= 0.6 is 0 Å². The Labute approximate surface area is 322 Å². The van der Waals surface area contributed by atoms with Gasteiger partial charge in [0.05, 0.1) is 19.6 Å². The molecule has 1 N–H and O–H groups in total. The van der Waals surface area contributed by atoms with Crippen molar-refractivity contribution in [2.45, 2.75) is 199 Å². The number of hydrogen-bond donors (Lipinski definition) is 1. The van der Waals surface area contributed by atoms with E-state index in [-0.39, 0.29) is 49.2 Å². The van der Waals surface area contributed by atoms with E-state index in [4.69, 9.17) is 9.47 Å². The first-order valence-electron chi connectivity index (χ1n) is 19.2. The molecule has 1 unspecified atom stereocenters. The number of allylic oxidation sites excluding steroid dienone is 2. The maximum absolute atomic E-state index is 12.0. The minimum atomic E-state index is -4.73. The average Bonchev–Trinajstić information content (AvgIpc) is 3.04. The predicted octanol–water partition coefficient (Wildman–Crippen LogP) is 6.22. The second kappa shape index (κ2) is 39.8. The Morgan fingerprint density at radius 2 is 0.959 bits per heavy atom. The third-order valence-corrected chi connectivity index (χ3v) is 9.20. The fourth-order valence-corrected chi connectivity index (χ4v) is 5.74. The second-order valence-corrected chi connectivity index (χ2v) is 14.4. The number of carboxylic acids is 1. The Kier molecular flexibility index (Phi) is 42.6. The summed E-state index contributed by atoms with van der Waals surface area (Å²) in [5.74, 6) is -2.84. The largest absolute Gasteiger partial charge is 1.00 e. The number of carboxylic acid groups (broad SMARTS) is 1.